The van der Waals surface area contributed by atoms with Crippen LogP contribution in [0.1, 0.15) is 56.7 Å². The molecule has 0 spiro atoms. The third kappa shape index (κ3) is 1.88. The lowest BCUT2D eigenvalue weighted by Crippen LogP contribution is -2.16. The first-order chi connectivity index (χ1) is 7.65. The molecule has 0 saturated heterocycles. The van der Waals surface area contributed by atoms with Gasteiger partial charge in [0.2, 0.25) is 0 Å². The zero-order valence-electron chi connectivity index (χ0n) is 10.7. The maximum Gasteiger partial charge on any atom is 0.109 e. The van der Waals surface area contributed by atoms with Gasteiger partial charge >= 0.3 is 0 Å². The molecule has 0 saturated carbocycles. The van der Waals surface area contributed by atoms with Crippen molar-refractivity contribution in [2.75, 3.05) is 0 Å². The van der Waals surface area contributed by atoms with Crippen LogP contribution in [0.5, 0.6) is 0 Å². The summed E-state index contributed by atoms with van der Waals surface area (Å²) in [7, 11) is 0. The zero-order valence-corrected chi connectivity index (χ0v) is 10.7. The Morgan fingerprint density at radius 1 is 1.31 bits per heavy atom. The first-order valence-corrected chi connectivity index (χ1v) is 6.43. The summed E-state index contributed by atoms with van der Waals surface area (Å²) in [6.07, 6.45) is 3.67. The minimum atomic E-state index is 0.511. The molecule has 2 heterocycles. The van der Waals surface area contributed by atoms with Crippen molar-refractivity contribution < 1.29 is 0 Å². The molecular formula is C13H23N3. The summed E-state index contributed by atoms with van der Waals surface area (Å²) >= 11 is 0. The van der Waals surface area contributed by atoms with Crippen LogP contribution in [0.25, 0.3) is 0 Å². The molecule has 1 atom stereocenters. The van der Waals surface area contributed by atoms with Gasteiger partial charge in [-0.3, -0.25) is 0 Å². The molecule has 0 bridgehead atoms. The maximum absolute atomic E-state index is 5.90. The van der Waals surface area contributed by atoms with Gasteiger partial charge in [0, 0.05) is 25.4 Å². The van der Waals surface area contributed by atoms with E-state index in [1.165, 1.54) is 30.1 Å². The summed E-state index contributed by atoms with van der Waals surface area (Å²) < 4.78 is 2.36. The lowest BCUT2D eigenvalue weighted by molar-refractivity contribution is 0.505. The number of imidazole rings is 1. The topological polar surface area (TPSA) is 43.8 Å². The lowest BCUT2D eigenvalue weighted by atomic mass is 9.93. The molecule has 1 aromatic heterocycles. The van der Waals surface area contributed by atoms with E-state index in [1.807, 2.05) is 0 Å². The molecule has 0 amide bonds. The van der Waals surface area contributed by atoms with E-state index in [1.54, 1.807) is 0 Å². The van der Waals surface area contributed by atoms with Crippen molar-refractivity contribution in [2.45, 2.75) is 59.0 Å². The summed E-state index contributed by atoms with van der Waals surface area (Å²) in [5.74, 6) is 2.40. The SMILES string of the molecule is CC(C)[C@@H](C)c1nc2n(c1CN)CCCC2. The van der Waals surface area contributed by atoms with Gasteiger partial charge in [-0.25, -0.2) is 4.98 Å². The van der Waals surface area contributed by atoms with Gasteiger partial charge in [0.05, 0.1) is 11.4 Å². The van der Waals surface area contributed by atoms with Gasteiger partial charge in [0.15, 0.2) is 0 Å². The number of aromatic nitrogens is 2. The molecule has 0 radical (unpaired) electrons. The van der Waals surface area contributed by atoms with Gasteiger partial charge in [-0.2, -0.15) is 0 Å². The highest BCUT2D eigenvalue weighted by Crippen LogP contribution is 2.29. The quantitative estimate of drug-likeness (QED) is 0.852. The number of aryl methyl sites for hydroxylation is 1. The van der Waals surface area contributed by atoms with Gasteiger partial charge in [0.25, 0.3) is 0 Å². The summed E-state index contributed by atoms with van der Waals surface area (Å²) in [5, 5.41) is 0. The van der Waals surface area contributed by atoms with Gasteiger partial charge in [0.1, 0.15) is 5.82 Å². The number of fused-ring (bicyclic) bond motifs is 1. The highest BCUT2D eigenvalue weighted by molar-refractivity contribution is 5.22. The van der Waals surface area contributed by atoms with Crippen LogP contribution in [0.2, 0.25) is 0 Å². The van der Waals surface area contributed by atoms with E-state index in [2.05, 4.69) is 25.3 Å². The van der Waals surface area contributed by atoms with E-state index < -0.39 is 0 Å². The molecule has 3 heteroatoms. The van der Waals surface area contributed by atoms with Crippen molar-refractivity contribution in [3.8, 4) is 0 Å². The molecule has 0 aliphatic carbocycles. The Bertz CT molecular complexity index is 365. The lowest BCUT2D eigenvalue weighted by Gasteiger charge is -2.17. The zero-order chi connectivity index (χ0) is 11.7. The first kappa shape index (κ1) is 11.6. The second-order valence-electron chi connectivity index (χ2n) is 5.21. The van der Waals surface area contributed by atoms with Crippen LogP contribution >= 0.6 is 0 Å². The first-order valence-electron chi connectivity index (χ1n) is 6.43. The summed E-state index contributed by atoms with van der Waals surface area (Å²) in [6.45, 7) is 8.50. The fourth-order valence-electron chi connectivity index (χ4n) is 2.46. The van der Waals surface area contributed by atoms with E-state index >= 15 is 0 Å². The number of rotatable bonds is 3. The van der Waals surface area contributed by atoms with Crippen LogP contribution in [-0.4, -0.2) is 9.55 Å². The van der Waals surface area contributed by atoms with Gasteiger partial charge in [-0.1, -0.05) is 20.8 Å². The van der Waals surface area contributed by atoms with Crippen LogP contribution in [0.4, 0.5) is 0 Å². The molecule has 2 rings (SSSR count). The van der Waals surface area contributed by atoms with Crippen molar-refractivity contribution in [3.05, 3.63) is 17.2 Å². The van der Waals surface area contributed by atoms with Crippen molar-refractivity contribution in [1.82, 2.24) is 9.55 Å². The number of hydrogen-bond donors (Lipinski definition) is 1. The number of nitrogens with two attached hydrogens (primary N) is 1. The molecule has 0 fully saturated rings. The summed E-state index contributed by atoms with van der Waals surface area (Å²) in [5.41, 5.74) is 8.42. The van der Waals surface area contributed by atoms with Crippen molar-refractivity contribution >= 4 is 0 Å². The smallest absolute Gasteiger partial charge is 0.109 e. The van der Waals surface area contributed by atoms with Crippen LogP contribution in [0, 0.1) is 5.92 Å². The number of nitrogens with zero attached hydrogens (tertiary/aromatic N) is 2. The fraction of sp³-hybridized carbons (Fsp3) is 0.769. The molecule has 1 aromatic rings. The molecular weight excluding hydrogens is 198 g/mol. The Morgan fingerprint density at radius 3 is 2.69 bits per heavy atom. The van der Waals surface area contributed by atoms with E-state index in [4.69, 9.17) is 10.7 Å². The van der Waals surface area contributed by atoms with Crippen molar-refractivity contribution in [1.29, 1.82) is 0 Å². The van der Waals surface area contributed by atoms with Crippen molar-refractivity contribution in [2.24, 2.45) is 11.7 Å². The fourth-order valence-corrected chi connectivity index (χ4v) is 2.46. The van der Waals surface area contributed by atoms with E-state index in [-0.39, 0.29) is 0 Å². The van der Waals surface area contributed by atoms with E-state index in [0.29, 0.717) is 18.4 Å². The standard InChI is InChI=1S/C13H23N3/c1-9(2)10(3)13-11(8-14)16-7-5-4-6-12(16)15-13/h9-10H,4-8,14H2,1-3H3/t10-/m1/s1. The van der Waals surface area contributed by atoms with Crippen LogP contribution in [0.3, 0.4) is 0 Å². The Morgan fingerprint density at radius 2 is 2.06 bits per heavy atom. The van der Waals surface area contributed by atoms with Gasteiger partial charge in [-0.05, 0) is 18.8 Å². The largest absolute Gasteiger partial charge is 0.331 e. The Labute approximate surface area is 98.1 Å². The summed E-state index contributed by atoms with van der Waals surface area (Å²) in [6, 6.07) is 0. The van der Waals surface area contributed by atoms with E-state index in [0.717, 1.165) is 13.0 Å². The molecule has 1 aliphatic rings. The van der Waals surface area contributed by atoms with Gasteiger partial charge < -0.3 is 10.3 Å². The molecule has 0 unspecified atom stereocenters. The van der Waals surface area contributed by atoms with E-state index in [9.17, 15) is 0 Å². The second-order valence-corrected chi connectivity index (χ2v) is 5.21. The van der Waals surface area contributed by atoms with Crippen LogP contribution in [0.15, 0.2) is 0 Å². The monoisotopic (exact) mass is 221 g/mol. The Balaban J connectivity index is 2.41. The molecule has 1 aliphatic heterocycles. The average Bonchev–Trinajstić information content (AvgIpc) is 2.65. The average molecular weight is 221 g/mol. The second kappa shape index (κ2) is 4.58. The molecule has 3 nitrogen and oxygen atoms in total. The minimum absolute atomic E-state index is 0.511. The molecule has 90 valence electrons. The third-order valence-electron chi connectivity index (χ3n) is 3.84. The predicted octanol–water partition coefficient (Wildman–Crippen LogP) is 2.44. The van der Waals surface area contributed by atoms with Gasteiger partial charge in [-0.15, -0.1) is 0 Å². The molecule has 0 aromatic carbocycles. The Kier molecular flexibility index (Phi) is 3.33. The third-order valence-corrected chi connectivity index (χ3v) is 3.84. The molecule has 16 heavy (non-hydrogen) atoms. The minimum Gasteiger partial charge on any atom is -0.331 e. The highest BCUT2D eigenvalue weighted by atomic mass is 15.1. The highest BCUT2D eigenvalue weighted by Gasteiger charge is 2.23. The van der Waals surface area contributed by atoms with Crippen LogP contribution < -0.4 is 5.73 Å². The Hall–Kier alpha value is -0.830. The van der Waals surface area contributed by atoms with Crippen molar-refractivity contribution in [3.63, 3.8) is 0 Å². The number of hydrogen-bond acceptors (Lipinski definition) is 2. The predicted molar refractivity (Wildman–Crippen MR) is 66.3 cm³/mol. The maximum atomic E-state index is 5.90. The molecule has 2 N–H and O–H groups in total. The van der Waals surface area contributed by atoms with Crippen LogP contribution in [-0.2, 0) is 19.5 Å². The normalized spacial score (nSPS) is 17.6. The summed E-state index contributed by atoms with van der Waals surface area (Å²) in [4.78, 5) is 4.83.